The number of hydrogen-bond acceptors (Lipinski definition) is 4. The molecule has 4 rings (SSSR count). The molecule has 5 nitrogen and oxygen atoms in total. The molecule has 2 aliphatic heterocycles. The van der Waals surface area contributed by atoms with E-state index in [1.54, 1.807) is 0 Å². The smallest absolute Gasteiger partial charge is 0.263 e. The van der Waals surface area contributed by atoms with E-state index in [-0.39, 0.29) is 23.7 Å². The Morgan fingerprint density at radius 2 is 2.04 bits per heavy atom. The third kappa shape index (κ3) is 3.60. The summed E-state index contributed by atoms with van der Waals surface area (Å²) < 4.78 is 5.91. The molecular formula is C20H22N2O3S. The van der Waals surface area contributed by atoms with Crippen molar-refractivity contribution in [1.29, 1.82) is 0 Å². The molecule has 2 aliphatic rings. The van der Waals surface area contributed by atoms with E-state index < -0.39 is 0 Å². The summed E-state index contributed by atoms with van der Waals surface area (Å²) in [6, 6.07) is 11.3. The van der Waals surface area contributed by atoms with Crippen molar-refractivity contribution in [3.05, 3.63) is 46.7 Å². The number of para-hydroxylation sites is 2. The molecule has 26 heavy (non-hydrogen) atoms. The number of nitrogens with zero attached hydrogens (tertiary/aromatic N) is 1. The molecule has 0 radical (unpaired) electrons. The summed E-state index contributed by atoms with van der Waals surface area (Å²) in [5.74, 6) is 1.41. The molecule has 6 heteroatoms. The van der Waals surface area contributed by atoms with Gasteiger partial charge in [0, 0.05) is 19.5 Å². The molecule has 1 aromatic heterocycles. The minimum Gasteiger partial charge on any atom is -0.491 e. The number of hydrogen-bond donors (Lipinski definition) is 1. The van der Waals surface area contributed by atoms with Gasteiger partial charge in [0.15, 0.2) is 0 Å². The first-order valence-electron chi connectivity index (χ1n) is 9.05. The largest absolute Gasteiger partial charge is 0.491 e. The van der Waals surface area contributed by atoms with Gasteiger partial charge in [-0.25, -0.2) is 0 Å². The summed E-state index contributed by atoms with van der Waals surface area (Å²) in [7, 11) is 0. The van der Waals surface area contributed by atoms with Crippen LogP contribution >= 0.6 is 11.3 Å². The highest BCUT2D eigenvalue weighted by atomic mass is 32.1. The number of thiophene rings is 1. The quantitative estimate of drug-likeness (QED) is 0.834. The molecular weight excluding hydrogens is 348 g/mol. The van der Waals surface area contributed by atoms with Crippen LogP contribution < -0.4 is 10.1 Å². The predicted octanol–water partition coefficient (Wildman–Crippen LogP) is 3.64. The first-order valence-corrected chi connectivity index (χ1v) is 9.93. The van der Waals surface area contributed by atoms with E-state index in [2.05, 4.69) is 5.32 Å². The van der Waals surface area contributed by atoms with Gasteiger partial charge < -0.3 is 15.0 Å². The van der Waals surface area contributed by atoms with Crippen LogP contribution in [0.15, 0.2) is 41.8 Å². The Morgan fingerprint density at radius 3 is 2.88 bits per heavy atom. The molecule has 1 aromatic carbocycles. The normalized spacial score (nSPS) is 23.2. The van der Waals surface area contributed by atoms with Gasteiger partial charge in [-0.15, -0.1) is 11.3 Å². The van der Waals surface area contributed by atoms with Gasteiger partial charge in [0.2, 0.25) is 5.91 Å². The molecule has 1 saturated heterocycles. The van der Waals surface area contributed by atoms with Gasteiger partial charge in [-0.2, -0.15) is 0 Å². The lowest BCUT2D eigenvalue weighted by Crippen LogP contribution is -2.45. The van der Waals surface area contributed by atoms with Gasteiger partial charge in [0.25, 0.3) is 5.91 Å². The minimum atomic E-state index is 0.0241. The van der Waals surface area contributed by atoms with Crippen LogP contribution in [0.25, 0.3) is 0 Å². The highest BCUT2D eigenvalue weighted by Crippen LogP contribution is 2.33. The topological polar surface area (TPSA) is 58.6 Å². The Bertz CT molecular complexity index is 790. The van der Waals surface area contributed by atoms with E-state index in [0.29, 0.717) is 31.9 Å². The zero-order chi connectivity index (χ0) is 17.9. The van der Waals surface area contributed by atoms with Crippen molar-refractivity contribution < 1.29 is 14.3 Å². The van der Waals surface area contributed by atoms with E-state index in [9.17, 15) is 9.59 Å². The third-order valence-corrected chi connectivity index (χ3v) is 6.12. The van der Waals surface area contributed by atoms with Crippen LogP contribution in [0.2, 0.25) is 0 Å². The Labute approximate surface area is 157 Å². The summed E-state index contributed by atoms with van der Waals surface area (Å²) in [6.45, 7) is 2.00. The number of rotatable bonds is 1. The predicted molar refractivity (Wildman–Crippen MR) is 102 cm³/mol. The summed E-state index contributed by atoms with van der Waals surface area (Å²) in [4.78, 5) is 27.9. The molecule has 0 aliphatic carbocycles. The minimum absolute atomic E-state index is 0.0241. The standard InChI is InChI=1S/C20H22N2O3S/c23-19-12-14-7-9-22(20(24)18-6-3-11-26-18)13-15(14)8-10-25-17-5-2-1-4-16(17)21-19/h1-6,11,14-15H,7-10,12-13H2,(H,21,23)/t14-,15-/m0/s1. The van der Waals surface area contributed by atoms with Crippen molar-refractivity contribution in [2.75, 3.05) is 25.0 Å². The van der Waals surface area contributed by atoms with Crippen LogP contribution in [0.3, 0.4) is 0 Å². The molecule has 2 amide bonds. The monoisotopic (exact) mass is 370 g/mol. The maximum atomic E-state index is 12.7. The molecule has 1 fully saturated rings. The van der Waals surface area contributed by atoms with Crippen molar-refractivity contribution in [2.24, 2.45) is 11.8 Å². The van der Waals surface area contributed by atoms with E-state index in [0.717, 1.165) is 23.4 Å². The number of fused-ring (bicyclic) bond motifs is 2. The van der Waals surface area contributed by atoms with Crippen LogP contribution in [0.1, 0.15) is 28.9 Å². The Hall–Kier alpha value is -2.34. The maximum Gasteiger partial charge on any atom is 0.263 e. The number of ether oxygens (including phenoxy) is 1. The van der Waals surface area contributed by atoms with Gasteiger partial charge in [0.05, 0.1) is 17.2 Å². The molecule has 3 heterocycles. The lowest BCUT2D eigenvalue weighted by atomic mass is 9.81. The number of carbonyl (C=O) groups is 2. The number of nitrogens with one attached hydrogen (secondary N) is 1. The van der Waals surface area contributed by atoms with Crippen LogP contribution in [0.4, 0.5) is 5.69 Å². The second-order valence-electron chi connectivity index (χ2n) is 6.92. The van der Waals surface area contributed by atoms with Gasteiger partial charge in [0.1, 0.15) is 5.75 Å². The molecule has 2 aromatic rings. The lowest BCUT2D eigenvalue weighted by molar-refractivity contribution is -0.118. The molecule has 136 valence electrons. The number of benzene rings is 1. The van der Waals surface area contributed by atoms with E-state index >= 15 is 0 Å². The van der Waals surface area contributed by atoms with Crippen LogP contribution in [0, 0.1) is 11.8 Å². The summed E-state index contributed by atoms with van der Waals surface area (Å²) >= 11 is 1.48. The fourth-order valence-corrected chi connectivity index (χ4v) is 4.56. The molecule has 0 saturated carbocycles. The average molecular weight is 370 g/mol. The Morgan fingerprint density at radius 1 is 1.15 bits per heavy atom. The van der Waals surface area contributed by atoms with Crippen molar-refractivity contribution >= 4 is 28.8 Å². The lowest BCUT2D eigenvalue weighted by Gasteiger charge is -2.38. The van der Waals surface area contributed by atoms with E-state index in [1.807, 2.05) is 46.7 Å². The van der Waals surface area contributed by atoms with Gasteiger partial charge in [-0.1, -0.05) is 18.2 Å². The second-order valence-corrected chi connectivity index (χ2v) is 7.87. The summed E-state index contributed by atoms with van der Waals surface area (Å²) in [5, 5.41) is 4.91. The van der Waals surface area contributed by atoms with Crippen LogP contribution in [0.5, 0.6) is 5.75 Å². The highest BCUT2D eigenvalue weighted by molar-refractivity contribution is 7.12. The fourth-order valence-electron chi connectivity index (χ4n) is 3.87. The first-order chi connectivity index (χ1) is 12.7. The highest BCUT2D eigenvalue weighted by Gasteiger charge is 2.33. The zero-order valence-corrected chi connectivity index (χ0v) is 15.3. The van der Waals surface area contributed by atoms with Crippen molar-refractivity contribution in [1.82, 2.24) is 4.90 Å². The number of amides is 2. The van der Waals surface area contributed by atoms with Gasteiger partial charge in [-0.3, -0.25) is 9.59 Å². The third-order valence-electron chi connectivity index (χ3n) is 5.27. The second kappa shape index (κ2) is 7.50. The number of piperidine rings is 1. The van der Waals surface area contributed by atoms with Gasteiger partial charge >= 0.3 is 0 Å². The average Bonchev–Trinajstić information content (AvgIpc) is 3.18. The molecule has 1 N–H and O–H groups in total. The van der Waals surface area contributed by atoms with E-state index in [1.165, 1.54) is 11.3 Å². The summed E-state index contributed by atoms with van der Waals surface area (Å²) in [6.07, 6.45) is 2.21. The molecule has 0 unspecified atom stereocenters. The van der Waals surface area contributed by atoms with Crippen molar-refractivity contribution in [2.45, 2.75) is 19.3 Å². The number of carbonyl (C=O) groups excluding carboxylic acids is 2. The maximum absolute atomic E-state index is 12.7. The van der Waals surface area contributed by atoms with Crippen LogP contribution in [-0.4, -0.2) is 36.4 Å². The number of likely N-dealkylation sites (tertiary alicyclic amines) is 1. The molecule has 2 atom stereocenters. The molecule has 0 spiro atoms. The number of anilines is 1. The molecule has 0 bridgehead atoms. The van der Waals surface area contributed by atoms with E-state index in [4.69, 9.17) is 4.74 Å². The zero-order valence-electron chi connectivity index (χ0n) is 14.5. The Balaban J connectivity index is 1.49. The van der Waals surface area contributed by atoms with Crippen molar-refractivity contribution in [3.63, 3.8) is 0 Å². The SMILES string of the molecule is O=C1C[C@@H]2CCN(C(=O)c3cccs3)C[C@@H]2CCOc2ccccc2N1. The fraction of sp³-hybridized carbons (Fsp3) is 0.400. The van der Waals surface area contributed by atoms with Crippen LogP contribution in [-0.2, 0) is 4.79 Å². The first kappa shape index (κ1) is 17.1. The summed E-state index contributed by atoms with van der Waals surface area (Å²) in [5.41, 5.74) is 0.737. The van der Waals surface area contributed by atoms with Gasteiger partial charge in [-0.05, 0) is 48.3 Å². The van der Waals surface area contributed by atoms with Crippen molar-refractivity contribution in [3.8, 4) is 5.75 Å². The Kier molecular flexibility index (Phi) is 4.93.